The zero-order valence-electron chi connectivity index (χ0n) is 57.5. The summed E-state index contributed by atoms with van der Waals surface area (Å²) < 4.78 is 19.4. The lowest BCUT2D eigenvalue weighted by Crippen LogP contribution is -2.36. The predicted molar refractivity (Wildman–Crippen MR) is 382 cm³/mol. The summed E-state index contributed by atoms with van der Waals surface area (Å²) in [5.74, 6) is -3.98. The number of benzene rings is 8. The van der Waals surface area contributed by atoms with Gasteiger partial charge in [0.05, 0.1) is 75.8 Å². The molecule has 0 aliphatic carbocycles. The van der Waals surface area contributed by atoms with Gasteiger partial charge in [-0.05, 0) is 56.3 Å². The first kappa shape index (κ1) is 73.7. The summed E-state index contributed by atoms with van der Waals surface area (Å²) in [7, 11) is 5.49. The van der Waals surface area contributed by atoms with Gasteiger partial charge in [-0.1, -0.05) is 257 Å². The number of nitrogens with zero attached hydrogens (tertiary/aromatic N) is 4. The molecule has 100 heavy (non-hydrogen) atoms. The molecule has 4 saturated heterocycles. The number of esters is 4. The molecule has 0 saturated carbocycles. The van der Waals surface area contributed by atoms with E-state index >= 15 is 0 Å². The van der Waals surface area contributed by atoms with E-state index in [2.05, 4.69) is 0 Å². The lowest BCUT2D eigenvalue weighted by atomic mass is 9.90. The molecule has 4 N–H and O–H groups in total. The molecular formula is C82H90N6O12. The maximum Gasteiger partial charge on any atom is 0.312 e. The van der Waals surface area contributed by atoms with Crippen molar-refractivity contribution in [3.63, 3.8) is 0 Å². The van der Waals surface area contributed by atoms with E-state index in [1.807, 2.05) is 257 Å². The number of nitrogens with two attached hydrogens (primary N) is 2. The fourth-order valence-corrected chi connectivity index (χ4v) is 13.8. The van der Waals surface area contributed by atoms with Crippen molar-refractivity contribution in [3.8, 4) is 0 Å². The van der Waals surface area contributed by atoms with Gasteiger partial charge in [-0.2, -0.15) is 0 Å². The normalized spacial score (nSPS) is 19.9. The quantitative estimate of drug-likeness (QED) is 0.0677. The maximum atomic E-state index is 13.3. The highest BCUT2D eigenvalue weighted by Gasteiger charge is 2.44. The average Bonchev–Trinajstić information content (AvgIpc) is 1.22. The Bertz CT molecular complexity index is 3280. The molecule has 18 heteroatoms. The van der Waals surface area contributed by atoms with Crippen LogP contribution in [0, 0.1) is 35.5 Å². The van der Waals surface area contributed by atoms with Crippen molar-refractivity contribution in [2.75, 3.05) is 80.8 Å². The number of hydrogen-bond acceptors (Lipinski definition) is 14. The minimum atomic E-state index is -0.471. The fourth-order valence-electron chi connectivity index (χ4n) is 13.8. The first-order valence-corrected chi connectivity index (χ1v) is 33.8. The van der Waals surface area contributed by atoms with Crippen LogP contribution in [0.25, 0.3) is 0 Å². The third-order valence-electron chi connectivity index (χ3n) is 19.3. The van der Waals surface area contributed by atoms with Crippen LogP contribution in [0.5, 0.6) is 0 Å². The van der Waals surface area contributed by atoms with Crippen LogP contribution in [0.15, 0.2) is 243 Å². The van der Waals surface area contributed by atoms with Crippen LogP contribution in [-0.2, 0) is 57.3 Å². The second kappa shape index (κ2) is 35.8. The molecule has 8 aromatic carbocycles. The third-order valence-corrected chi connectivity index (χ3v) is 19.3. The molecule has 0 aromatic heterocycles. The summed E-state index contributed by atoms with van der Waals surface area (Å²) in [5, 5.41) is 0. The Morgan fingerprint density at radius 2 is 0.430 bits per heavy atom. The van der Waals surface area contributed by atoms with E-state index in [4.69, 9.17) is 30.4 Å². The fraction of sp³-hybridized carbons (Fsp3) is 0.317. The number of carbonyl (C=O) groups excluding carboxylic acids is 8. The molecule has 8 atom stereocenters. The molecule has 4 aliphatic rings. The number of carbonyl (C=O) groups is 8. The van der Waals surface area contributed by atoms with Gasteiger partial charge in [0, 0.05) is 64.4 Å². The number of likely N-dealkylation sites (tertiary alicyclic amines) is 4. The van der Waals surface area contributed by atoms with Gasteiger partial charge in [-0.3, -0.25) is 38.4 Å². The van der Waals surface area contributed by atoms with Crippen molar-refractivity contribution in [2.24, 2.45) is 47.0 Å². The van der Waals surface area contributed by atoms with Crippen molar-refractivity contribution in [3.05, 3.63) is 287 Å². The molecule has 4 fully saturated rings. The van der Waals surface area contributed by atoms with Crippen molar-refractivity contribution in [1.82, 2.24) is 19.6 Å². The summed E-state index contributed by atoms with van der Waals surface area (Å²) in [4.78, 5) is 108. The highest BCUT2D eigenvalue weighted by atomic mass is 16.5. The highest BCUT2D eigenvalue weighted by Crippen LogP contribution is 2.36. The van der Waals surface area contributed by atoms with Gasteiger partial charge >= 0.3 is 23.9 Å². The van der Waals surface area contributed by atoms with E-state index in [9.17, 15) is 38.4 Å². The van der Waals surface area contributed by atoms with Crippen molar-refractivity contribution in [2.45, 2.75) is 49.6 Å². The first-order chi connectivity index (χ1) is 48.5. The number of hydrogen-bond donors (Lipinski definition) is 2. The largest absolute Gasteiger partial charge is 0.469 e. The topological polar surface area (TPSA) is 238 Å². The summed E-state index contributed by atoms with van der Waals surface area (Å²) >= 11 is 0. The lowest BCUT2D eigenvalue weighted by molar-refractivity contribution is -0.147. The third kappa shape index (κ3) is 18.2. The molecular weight excluding hydrogens is 1260 g/mol. The molecule has 8 aromatic rings. The van der Waals surface area contributed by atoms with Gasteiger partial charge in [0.2, 0.25) is 23.6 Å². The Morgan fingerprint density at radius 1 is 0.270 bits per heavy atom. The van der Waals surface area contributed by atoms with Crippen LogP contribution in [0.1, 0.15) is 82.0 Å². The van der Waals surface area contributed by atoms with Crippen LogP contribution < -0.4 is 11.5 Å². The predicted octanol–water partition coefficient (Wildman–Crippen LogP) is 9.73. The summed E-state index contributed by atoms with van der Waals surface area (Å²) in [6.45, 7) is 7.29. The molecule has 520 valence electrons. The van der Waals surface area contributed by atoms with Crippen LogP contribution in [-0.4, -0.2) is 160 Å². The number of methoxy groups -OCH3 is 4. The van der Waals surface area contributed by atoms with Crippen molar-refractivity contribution >= 4 is 47.5 Å². The van der Waals surface area contributed by atoms with Gasteiger partial charge in [-0.15, -0.1) is 0 Å². The van der Waals surface area contributed by atoms with E-state index < -0.39 is 35.8 Å². The zero-order valence-corrected chi connectivity index (χ0v) is 57.5. The molecule has 0 spiro atoms. The first-order valence-electron chi connectivity index (χ1n) is 33.8. The smallest absolute Gasteiger partial charge is 0.312 e. The lowest BCUT2D eigenvalue weighted by Gasteiger charge is -2.24. The number of amides is 4. The monoisotopic (exact) mass is 1350 g/mol. The molecule has 0 unspecified atom stereocenters. The highest BCUT2D eigenvalue weighted by molar-refractivity contribution is 5.91. The molecule has 4 aliphatic heterocycles. The summed E-state index contributed by atoms with van der Waals surface area (Å²) in [5.41, 5.74) is 19.7. The van der Waals surface area contributed by atoms with Gasteiger partial charge in [0.25, 0.3) is 0 Å². The Kier molecular flexibility index (Phi) is 26.4. The number of ether oxygens (including phenoxy) is 4. The van der Waals surface area contributed by atoms with Gasteiger partial charge in [0.1, 0.15) is 0 Å². The van der Waals surface area contributed by atoms with Crippen molar-refractivity contribution < 1.29 is 57.3 Å². The molecule has 0 radical (unpaired) electrons. The standard InChI is InChI=1S/2C21H23NO3.2C20H22N2O3/c2*1-15-13-22(14-18(15)21(24)25-2)20(23)19(16-9-5-3-6-10-16)17-11-7-4-8-12-17;2*1-25-20(24)16-12-22(13-17(16)21)19(23)18(14-8-4-2-5-9-14)15-10-6-3-7-11-15/h2*3-12,15,18-19H,13-14H2,1-2H3;2*2-11,16-18H,12-13,21H2,1H3/t2*15-,18-;2*16-,17-/m1010/s1. The van der Waals surface area contributed by atoms with Crippen LogP contribution >= 0.6 is 0 Å². The molecule has 18 nitrogen and oxygen atoms in total. The van der Waals surface area contributed by atoms with E-state index in [0.717, 1.165) is 44.5 Å². The Morgan fingerprint density at radius 3 is 0.610 bits per heavy atom. The van der Waals surface area contributed by atoms with Crippen LogP contribution in [0.3, 0.4) is 0 Å². The second-order valence-corrected chi connectivity index (χ2v) is 25.8. The molecule has 0 bridgehead atoms. The Hall–Kier alpha value is -10.6. The van der Waals surface area contributed by atoms with Crippen LogP contribution in [0.2, 0.25) is 0 Å². The van der Waals surface area contributed by atoms with Gasteiger partial charge < -0.3 is 50.0 Å². The number of rotatable bonds is 16. The Labute approximate surface area is 586 Å². The van der Waals surface area contributed by atoms with Crippen LogP contribution in [0.4, 0.5) is 0 Å². The SMILES string of the molecule is COC(=O)[C@@H]1CN(C(=O)C(c2ccccc2)c2ccccc2)C[C@H]1C.COC(=O)[C@@H]1CN(C(=O)C(c2ccccc2)c2ccccc2)C[C@H]1N.COC(=O)[C@H]1CN(C(=O)C(c2ccccc2)c2ccccc2)C[C@@H]1C.COC(=O)[C@H]1CN(C(=O)C(c2ccccc2)c2ccccc2)C[C@@H]1N. The summed E-state index contributed by atoms with van der Waals surface area (Å²) in [6.07, 6.45) is 0. The molecule has 12 rings (SSSR count). The van der Waals surface area contributed by atoms with E-state index in [0.29, 0.717) is 52.4 Å². The van der Waals surface area contributed by atoms with Crippen molar-refractivity contribution in [1.29, 1.82) is 0 Å². The molecule has 4 heterocycles. The van der Waals surface area contributed by atoms with E-state index in [1.165, 1.54) is 28.4 Å². The maximum absolute atomic E-state index is 13.3. The minimum Gasteiger partial charge on any atom is -0.469 e. The second-order valence-electron chi connectivity index (χ2n) is 25.8. The zero-order chi connectivity index (χ0) is 71.2. The minimum absolute atomic E-state index is 0.0376. The Balaban J connectivity index is 0.000000156. The van der Waals surface area contributed by atoms with Gasteiger partial charge in [0.15, 0.2) is 0 Å². The average molecular weight is 1350 g/mol. The molecule has 4 amide bonds. The van der Waals surface area contributed by atoms with E-state index in [-0.39, 0.29) is 83.0 Å². The van der Waals surface area contributed by atoms with E-state index in [1.54, 1.807) is 19.6 Å². The van der Waals surface area contributed by atoms with Gasteiger partial charge in [-0.25, -0.2) is 0 Å². The summed E-state index contributed by atoms with van der Waals surface area (Å²) in [6, 6.07) is 77.1.